The Kier molecular flexibility index (Phi) is 9.06. The third-order valence-electron chi connectivity index (χ3n) is 4.64. The monoisotopic (exact) mass is 425 g/mol. The second-order valence-corrected chi connectivity index (χ2v) is 7.92. The van der Waals surface area contributed by atoms with Crippen molar-refractivity contribution in [3.63, 3.8) is 0 Å². The van der Waals surface area contributed by atoms with Gasteiger partial charge in [-0.15, -0.1) is 0 Å². The molecule has 2 aromatic rings. The molecule has 2 rings (SSSR count). The van der Waals surface area contributed by atoms with E-state index in [0.29, 0.717) is 23.8 Å². The quantitative estimate of drug-likeness (QED) is 0.531. The third-order valence-corrected chi connectivity index (χ3v) is 4.64. The molecule has 0 fully saturated rings. The fourth-order valence-electron chi connectivity index (χ4n) is 2.69. The molecule has 0 aromatic heterocycles. The van der Waals surface area contributed by atoms with Gasteiger partial charge in [0.25, 0.3) is 5.91 Å². The van der Waals surface area contributed by atoms with E-state index in [1.54, 1.807) is 24.3 Å². The number of aryl methyl sites for hydroxylation is 2. The Labute approximate surface area is 183 Å². The second kappa shape index (κ2) is 11.7. The fraction of sp³-hybridized carbons (Fsp3) is 0.375. The summed E-state index contributed by atoms with van der Waals surface area (Å²) in [5.74, 6) is 0.103. The molecular formula is C24H31N3O4. The Morgan fingerprint density at radius 1 is 0.903 bits per heavy atom. The van der Waals surface area contributed by atoms with Gasteiger partial charge in [0.1, 0.15) is 5.75 Å². The molecular weight excluding hydrogens is 394 g/mol. The number of hydrogen-bond acceptors (Lipinski definition) is 4. The highest BCUT2D eigenvalue weighted by atomic mass is 16.5. The topological polar surface area (TPSA) is 96.5 Å². The van der Waals surface area contributed by atoms with Crippen molar-refractivity contribution in [3.05, 3.63) is 59.2 Å². The molecule has 3 amide bonds. The van der Waals surface area contributed by atoms with Crippen LogP contribution in [0.3, 0.4) is 0 Å². The average molecular weight is 426 g/mol. The van der Waals surface area contributed by atoms with Crippen molar-refractivity contribution >= 4 is 23.4 Å². The summed E-state index contributed by atoms with van der Waals surface area (Å²) >= 11 is 0. The SMILES string of the molecule is Cc1ccc(C)c(NC(=O)CCC(=O)NNC(=O)c2ccc(OCCC(C)C)cc2)c1. The predicted molar refractivity (Wildman–Crippen MR) is 121 cm³/mol. The van der Waals surface area contributed by atoms with Gasteiger partial charge in [0.15, 0.2) is 0 Å². The number of carbonyl (C=O) groups is 3. The first-order chi connectivity index (χ1) is 14.7. The summed E-state index contributed by atoms with van der Waals surface area (Å²) in [5, 5.41) is 2.80. The second-order valence-electron chi connectivity index (χ2n) is 7.92. The van der Waals surface area contributed by atoms with Gasteiger partial charge < -0.3 is 10.1 Å². The van der Waals surface area contributed by atoms with E-state index in [4.69, 9.17) is 4.74 Å². The Hall–Kier alpha value is -3.35. The number of anilines is 1. The normalized spacial score (nSPS) is 10.5. The van der Waals surface area contributed by atoms with Crippen molar-refractivity contribution in [2.24, 2.45) is 5.92 Å². The number of hydrogen-bond donors (Lipinski definition) is 3. The molecule has 166 valence electrons. The maximum Gasteiger partial charge on any atom is 0.269 e. The van der Waals surface area contributed by atoms with Crippen molar-refractivity contribution in [2.75, 3.05) is 11.9 Å². The zero-order valence-electron chi connectivity index (χ0n) is 18.6. The fourth-order valence-corrected chi connectivity index (χ4v) is 2.69. The van der Waals surface area contributed by atoms with E-state index in [1.807, 2.05) is 32.0 Å². The lowest BCUT2D eigenvalue weighted by Gasteiger charge is -2.11. The smallest absolute Gasteiger partial charge is 0.269 e. The van der Waals surface area contributed by atoms with Crippen LogP contribution in [0.2, 0.25) is 0 Å². The maximum absolute atomic E-state index is 12.2. The van der Waals surface area contributed by atoms with Crippen molar-refractivity contribution in [2.45, 2.75) is 47.0 Å². The van der Waals surface area contributed by atoms with E-state index in [0.717, 1.165) is 23.2 Å². The first-order valence-corrected chi connectivity index (χ1v) is 10.4. The number of ether oxygens (including phenoxy) is 1. The maximum atomic E-state index is 12.2. The molecule has 3 N–H and O–H groups in total. The molecule has 0 unspecified atom stereocenters. The summed E-state index contributed by atoms with van der Waals surface area (Å²) in [6.07, 6.45) is 0.925. The van der Waals surface area contributed by atoms with Gasteiger partial charge in [0, 0.05) is 24.1 Å². The van der Waals surface area contributed by atoms with Crippen LogP contribution in [0.1, 0.15) is 54.6 Å². The van der Waals surface area contributed by atoms with Crippen LogP contribution < -0.4 is 20.9 Å². The lowest BCUT2D eigenvalue weighted by Crippen LogP contribution is -2.41. The van der Waals surface area contributed by atoms with Crippen molar-refractivity contribution < 1.29 is 19.1 Å². The Bertz CT molecular complexity index is 908. The van der Waals surface area contributed by atoms with E-state index >= 15 is 0 Å². The van der Waals surface area contributed by atoms with Crippen LogP contribution in [0.5, 0.6) is 5.75 Å². The van der Waals surface area contributed by atoms with E-state index in [2.05, 4.69) is 30.0 Å². The Morgan fingerprint density at radius 2 is 1.58 bits per heavy atom. The Balaban J connectivity index is 1.72. The largest absolute Gasteiger partial charge is 0.494 e. The van der Waals surface area contributed by atoms with Gasteiger partial charge in [-0.2, -0.15) is 0 Å². The molecule has 2 aromatic carbocycles. The predicted octanol–water partition coefficient (Wildman–Crippen LogP) is 3.91. The van der Waals surface area contributed by atoms with Gasteiger partial charge in [-0.1, -0.05) is 26.0 Å². The van der Waals surface area contributed by atoms with Crippen LogP contribution in [-0.4, -0.2) is 24.3 Å². The molecule has 0 aliphatic rings. The van der Waals surface area contributed by atoms with Gasteiger partial charge in [-0.05, 0) is 67.6 Å². The molecule has 31 heavy (non-hydrogen) atoms. The molecule has 0 saturated carbocycles. The number of hydrazine groups is 1. The van der Waals surface area contributed by atoms with Crippen molar-refractivity contribution in [1.82, 2.24) is 10.9 Å². The van der Waals surface area contributed by atoms with Crippen LogP contribution in [0, 0.1) is 19.8 Å². The molecule has 0 spiro atoms. The van der Waals surface area contributed by atoms with Crippen LogP contribution in [0.15, 0.2) is 42.5 Å². The Morgan fingerprint density at radius 3 is 2.26 bits per heavy atom. The van der Waals surface area contributed by atoms with Gasteiger partial charge in [0.2, 0.25) is 11.8 Å². The number of rotatable bonds is 9. The van der Waals surface area contributed by atoms with E-state index in [-0.39, 0.29) is 18.7 Å². The molecule has 0 saturated heterocycles. The highest BCUT2D eigenvalue weighted by Crippen LogP contribution is 2.17. The average Bonchev–Trinajstić information content (AvgIpc) is 2.73. The lowest BCUT2D eigenvalue weighted by atomic mass is 10.1. The van der Waals surface area contributed by atoms with E-state index in [1.165, 1.54) is 0 Å². The minimum Gasteiger partial charge on any atom is -0.494 e. The molecule has 7 nitrogen and oxygen atoms in total. The van der Waals surface area contributed by atoms with Crippen LogP contribution in [0.4, 0.5) is 5.69 Å². The van der Waals surface area contributed by atoms with E-state index < -0.39 is 11.8 Å². The summed E-state index contributed by atoms with van der Waals surface area (Å²) in [7, 11) is 0. The van der Waals surface area contributed by atoms with Gasteiger partial charge >= 0.3 is 0 Å². The summed E-state index contributed by atoms with van der Waals surface area (Å²) in [5.41, 5.74) is 7.80. The van der Waals surface area contributed by atoms with Gasteiger partial charge in [-0.3, -0.25) is 25.2 Å². The molecule has 0 radical (unpaired) electrons. The number of amides is 3. The highest BCUT2D eigenvalue weighted by molar-refractivity contribution is 5.96. The standard InChI is InChI=1S/C24H31N3O4/c1-16(2)13-14-31-20-9-7-19(8-10-20)24(30)27-26-23(29)12-11-22(28)25-21-15-17(3)5-6-18(21)4/h5-10,15-16H,11-14H2,1-4H3,(H,25,28)(H,26,29)(H,27,30). The number of nitrogens with one attached hydrogen (secondary N) is 3. The summed E-state index contributed by atoms with van der Waals surface area (Å²) in [6.45, 7) is 8.72. The zero-order chi connectivity index (χ0) is 22.8. The first kappa shape index (κ1) is 23.9. The first-order valence-electron chi connectivity index (χ1n) is 10.4. The molecule has 0 heterocycles. The minimum absolute atomic E-state index is 0.0114. The number of carbonyl (C=O) groups excluding carboxylic acids is 3. The minimum atomic E-state index is -0.446. The lowest BCUT2D eigenvalue weighted by molar-refractivity contribution is -0.124. The van der Waals surface area contributed by atoms with Gasteiger partial charge in [0.05, 0.1) is 6.61 Å². The highest BCUT2D eigenvalue weighted by Gasteiger charge is 2.11. The summed E-state index contributed by atoms with van der Waals surface area (Å²) in [6, 6.07) is 12.5. The van der Waals surface area contributed by atoms with Gasteiger partial charge in [-0.25, -0.2) is 0 Å². The van der Waals surface area contributed by atoms with E-state index in [9.17, 15) is 14.4 Å². The molecule has 0 aliphatic heterocycles. The van der Waals surface area contributed by atoms with Crippen LogP contribution >= 0.6 is 0 Å². The van der Waals surface area contributed by atoms with Crippen LogP contribution in [-0.2, 0) is 9.59 Å². The van der Waals surface area contributed by atoms with Crippen molar-refractivity contribution in [3.8, 4) is 5.75 Å². The molecule has 0 aliphatic carbocycles. The molecule has 0 atom stereocenters. The zero-order valence-corrected chi connectivity index (χ0v) is 18.6. The summed E-state index contributed by atoms with van der Waals surface area (Å²) < 4.78 is 5.62. The third kappa shape index (κ3) is 8.50. The van der Waals surface area contributed by atoms with Crippen LogP contribution in [0.25, 0.3) is 0 Å². The molecule has 0 bridgehead atoms. The number of benzene rings is 2. The van der Waals surface area contributed by atoms with Crippen molar-refractivity contribution in [1.29, 1.82) is 0 Å². The summed E-state index contributed by atoms with van der Waals surface area (Å²) in [4.78, 5) is 36.2. The molecule has 7 heteroatoms.